The van der Waals surface area contributed by atoms with E-state index in [4.69, 9.17) is 11.6 Å². The van der Waals surface area contributed by atoms with Gasteiger partial charge in [0.25, 0.3) is 5.91 Å². The van der Waals surface area contributed by atoms with Gasteiger partial charge in [-0.05, 0) is 60.9 Å². The minimum Gasteiger partial charge on any atom is -0.322 e. The van der Waals surface area contributed by atoms with Gasteiger partial charge >= 0.3 is 6.18 Å². The molecule has 6 heteroatoms. The second kappa shape index (κ2) is 7.68. The summed E-state index contributed by atoms with van der Waals surface area (Å²) in [6.45, 7) is 3.49. The van der Waals surface area contributed by atoms with Crippen molar-refractivity contribution in [3.63, 3.8) is 0 Å². The Morgan fingerprint density at radius 2 is 1.64 bits per heavy atom. The molecule has 1 amide bonds. The number of alkyl halides is 3. The van der Waals surface area contributed by atoms with E-state index in [9.17, 15) is 18.0 Å². The van der Waals surface area contributed by atoms with Crippen molar-refractivity contribution in [1.29, 1.82) is 0 Å². The van der Waals surface area contributed by atoms with Crippen molar-refractivity contribution in [2.24, 2.45) is 0 Å². The third-order valence-corrected chi connectivity index (χ3v) is 4.86. The summed E-state index contributed by atoms with van der Waals surface area (Å²) in [7, 11) is 0. The number of rotatable bonds is 3. The van der Waals surface area contributed by atoms with Gasteiger partial charge in [-0.25, -0.2) is 0 Å². The number of benzene rings is 3. The minimum atomic E-state index is -4.44. The van der Waals surface area contributed by atoms with Crippen LogP contribution >= 0.6 is 11.6 Å². The highest BCUT2D eigenvalue weighted by atomic mass is 35.5. The summed E-state index contributed by atoms with van der Waals surface area (Å²) in [6.07, 6.45) is -4.44. The number of amides is 1. The molecule has 3 aromatic carbocycles. The molecule has 0 aliphatic heterocycles. The number of nitrogens with one attached hydrogen (secondary N) is 1. The van der Waals surface area contributed by atoms with Crippen LogP contribution in [-0.4, -0.2) is 5.91 Å². The molecule has 0 spiro atoms. The molecule has 0 aliphatic carbocycles. The molecule has 0 heterocycles. The molecule has 0 saturated heterocycles. The smallest absolute Gasteiger partial charge is 0.322 e. The van der Waals surface area contributed by atoms with Crippen molar-refractivity contribution in [3.8, 4) is 11.1 Å². The van der Waals surface area contributed by atoms with E-state index in [-0.39, 0.29) is 11.5 Å². The van der Waals surface area contributed by atoms with Crippen molar-refractivity contribution < 1.29 is 18.0 Å². The van der Waals surface area contributed by atoms with Gasteiger partial charge in [0.05, 0.1) is 5.56 Å². The first-order valence-electron chi connectivity index (χ1n) is 8.51. The molecule has 0 bridgehead atoms. The lowest BCUT2D eigenvalue weighted by molar-refractivity contribution is -0.137. The van der Waals surface area contributed by atoms with Crippen molar-refractivity contribution in [2.75, 3.05) is 5.32 Å². The van der Waals surface area contributed by atoms with Gasteiger partial charge < -0.3 is 5.32 Å². The van der Waals surface area contributed by atoms with Gasteiger partial charge in [0.2, 0.25) is 0 Å². The maximum atomic E-state index is 13.3. The largest absolute Gasteiger partial charge is 0.417 e. The molecular weight excluding hydrogens is 387 g/mol. The number of halogens is 4. The number of aryl methyl sites for hydroxylation is 1. The van der Waals surface area contributed by atoms with Crippen LogP contribution in [0.1, 0.15) is 27.0 Å². The quantitative estimate of drug-likeness (QED) is 0.506. The Balaban J connectivity index is 1.88. The molecule has 1 N–H and O–H groups in total. The van der Waals surface area contributed by atoms with E-state index in [0.717, 1.165) is 11.6 Å². The lowest BCUT2D eigenvalue weighted by atomic mass is 9.97. The molecule has 28 heavy (non-hydrogen) atoms. The number of carbonyl (C=O) groups is 1. The van der Waals surface area contributed by atoms with Gasteiger partial charge in [-0.3, -0.25) is 4.79 Å². The molecule has 2 nitrogen and oxygen atoms in total. The van der Waals surface area contributed by atoms with E-state index in [1.807, 2.05) is 0 Å². The first kappa shape index (κ1) is 20.0. The van der Waals surface area contributed by atoms with Crippen LogP contribution in [-0.2, 0) is 6.18 Å². The van der Waals surface area contributed by atoms with Crippen LogP contribution in [0.5, 0.6) is 0 Å². The molecule has 0 atom stereocenters. The van der Waals surface area contributed by atoms with Crippen molar-refractivity contribution in [2.45, 2.75) is 20.0 Å². The topological polar surface area (TPSA) is 29.1 Å². The maximum Gasteiger partial charge on any atom is 0.417 e. The van der Waals surface area contributed by atoms with Gasteiger partial charge in [0.15, 0.2) is 0 Å². The summed E-state index contributed by atoms with van der Waals surface area (Å²) in [5, 5.41) is 3.23. The molecule has 0 saturated carbocycles. The first-order chi connectivity index (χ1) is 13.2. The van der Waals surface area contributed by atoms with E-state index in [1.54, 1.807) is 56.3 Å². The minimum absolute atomic E-state index is 0.107. The lowest BCUT2D eigenvalue weighted by Crippen LogP contribution is -2.13. The zero-order valence-corrected chi connectivity index (χ0v) is 15.9. The van der Waals surface area contributed by atoms with Gasteiger partial charge in [-0.2, -0.15) is 13.2 Å². The fourth-order valence-corrected chi connectivity index (χ4v) is 3.10. The standard InChI is InChI=1S/C22H17ClF3NO/c1-13-6-11-19(22(24,25)26)18(12-13)15-7-9-16(10-8-15)27-21(28)17-4-3-5-20(23)14(17)2/h3-12H,1-2H3,(H,27,28). The Hall–Kier alpha value is -2.79. The lowest BCUT2D eigenvalue weighted by Gasteiger charge is -2.14. The van der Waals surface area contributed by atoms with Crippen LogP contribution in [0.15, 0.2) is 60.7 Å². The molecule has 3 rings (SSSR count). The Bertz CT molecular complexity index is 1030. The van der Waals surface area contributed by atoms with Gasteiger partial charge in [0.1, 0.15) is 0 Å². The average Bonchev–Trinajstić information content (AvgIpc) is 2.63. The fraction of sp³-hybridized carbons (Fsp3) is 0.136. The summed E-state index contributed by atoms with van der Waals surface area (Å²) in [5.74, 6) is -0.334. The third kappa shape index (κ3) is 4.20. The van der Waals surface area contributed by atoms with Gasteiger partial charge in [0, 0.05) is 16.3 Å². The van der Waals surface area contributed by atoms with Crippen LogP contribution in [0.2, 0.25) is 5.02 Å². The van der Waals surface area contributed by atoms with Gasteiger partial charge in [-0.15, -0.1) is 0 Å². The normalized spacial score (nSPS) is 11.4. The van der Waals surface area contributed by atoms with Crippen LogP contribution in [0, 0.1) is 13.8 Å². The number of hydrogen-bond acceptors (Lipinski definition) is 1. The van der Waals surface area contributed by atoms with Crippen molar-refractivity contribution in [1.82, 2.24) is 0 Å². The fourth-order valence-electron chi connectivity index (χ4n) is 2.93. The van der Waals surface area contributed by atoms with E-state index in [0.29, 0.717) is 27.4 Å². The maximum absolute atomic E-state index is 13.3. The SMILES string of the molecule is Cc1ccc(C(F)(F)F)c(-c2ccc(NC(=O)c3cccc(Cl)c3C)cc2)c1. The summed E-state index contributed by atoms with van der Waals surface area (Å²) in [4.78, 5) is 12.5. The second-order valence-corrected chi connectivity index (χ2v) is 6.90. The van der Waals surface area contributed by atoms with Crippen molar-refractivity contribution in [3.05, 3.63) is 87.9 Å². The highest BCUT2D eigenvalue weighted by molar-refractivity contribution is 6.32. The highest BCUT2D eigenvalue weighted by Crippen LogP contribution is 2.37. The predicted octanol–water partition coefficient (Wildman–Crippen LogP) is 6.89. The summed E-state index contributed by atoms with van der Waals surface area (Å²) in [6, 6.07) is 15.3. The van der Waals surface area contributed by atoms with E-state index < -0.39 is 11.7 Å². The van der Waals surface area contributed by atoms with Crippen LogP contribution in [0.3, 0.4) is 0 Å². The van der Waals surface area contributed by atoms with Gasteiger partial charge in [-0.1, -0.05) is 47.5 Å². The highest BCUT2D eigenvalue weighted by Gasteiger charge is 2.33. The number of hydrogen-bond donors (Lipinski definition) is 1. The van der Waals surface area contributed by atoms with Crippen LogP contribution in [0.4, 0.5) is 18.9 Å². The average molecular weight is 404 g/mol. The molecule has 0 unspecified atom stereocenters. The molecule has 144 valence electrons. The summed E-state index contributed by atoms with van der Waals surface area (Å²) >= 11 is 6.04. The Morgan fingerprint density at radius 1 is 0.964 bits per heavy atom. The first-order valence-corrected chi connectivity index (χ1v) is 8.89. The third-order valence-electron chi connectivity index (χ3n) is 4.45. The molecule has 0 radical (unpaired) electrons. The Morgan fingerprint density at radius 3 is 2.29 bits per heavy atom. The number of anilines is 1. The zero-order chi connectivity index (χ0) is 20.5. The van der Waals surface area contributed by atoms with Crippen LogP contribution in [0.25, 0.3) is 11.1 Å². The monoisotopic (exact) mass is 403 g/mol. The molecule has 0 aromatic heterocycles. The molecule has 3 aromatic rings. The zero-order valence-electron chi connectivity index (χ0n) is 15.2. The molecule has 0 fully saturated rings. The van der Waals surface area contributed by atoms with E-state index in [2.05, 4.69) is 5.32 Å². The predicted molar refractivity (Wildman–Crippen MR) is 106 cm³/mol. The van der Waals surface area contributed by atoms with Crippen molar-refractivity contribution >= 4 is 23.2 Å². The van der Waals surface area contributed by atoms with Crippen LogP contribution < -0.4 is 5.32 Å². The van der Waals surface area contributed by atoms with E-state index >= 15 is 0 Å². The molecule has 0 aliphatic rings. The summed E-state index contributed by atoms with van der Waals surface area (Å²) < 4.78 is 39.9. The number of carbonyl (C=O) groups excluding carboxylic acids is 1. The van der Waals surface area contributed by atoms with E-state index in [1.165, 1.54) is 12.1 Å². The summed E-state index contributed by atoms with van der Waals surface area (Å²) in [5.41, 5.74) is 2.15. The Labute approximate surface area is 166 Å². The molecular formula is C22H17ClF3NO. The second-order valence-electron chi connectivity index (χ2n) is 6.49. The Kier molecular flexibility index (Phi) is 5.47.